The van der Waals surface area contributed by atoms with Crippen molar-refractivity contribution in [1.29, 1.82) is 0 Å². The second-order valence-corrected chi connectivity index (χ2v) is 4.98. The minimum atomic E-state index is 0.355. The molecule has 3 aromatic carbocycles. The van der Waals surface area contributed by atoms with Crippen molar-refractivity contribution in [2.24, 2.45) is 0 Å². The number of aliphatic hydroxyl groups excluding tert-OH is 1. The van der Waals surface area contributed by atoms with Crippen LogP contribution < -0.4 is 0 Å². The molecule has 1 nitrogen and oxygen atoms in total. The van der Waals surface area contributed by atoms with Crippen molar-refractivity contribution >= 4 is 21.5 Å². The van der Waals surface area contributed by atoms with Crippen LogP contribution in [0.25, 0.3) is 21.5 Å². The summed E-state index contributed by atoms with van der Waals surface area (Å²) in [6.07, 6.45) is 3.33. The minimum absolute atomic E-state index is 0.355. The predicted octanol–water partition coefficient (Wildman–Crippen LogP) is 5.16. The van der Waals surface area contributed by atoms with Gasteiger partial charge in [-0.15, -0.1) is 0 Å². The molecule has 0 saturated heterocycles. The Morgan fingerprint density at radius 1 is 0.700 bits per heavy atom. The highest BCUT2D eigenvalue weighted by atomic mass is 16.2. The molecule has 0 fully saturated rings. The molecule has 0 aromatic heterocycles. The summed E-state index contributed by atoms with van der Waals surface area (Å²) in [5.74, 6) is 0. The van der Waals surface area contributed by atoms with Crippen molar-refractivity contribution in [3.8, 4) is 0 Å². The number of rotatable bonds is 3. The minimum Gasteiger partial charge on any atom is -0.396 e. The van der Waals surface area contributed by atoms with Gasteiger partial charge in [0.05, 0.1) is 0 Å². The first-order chi connectivity index (χ1) is 9.85. The van der Waals surface area contributed by atoms with Gasteiger partial charge in [-0.25, -0.2) is 0 Å². The lowest BCUT2D eigenvalue weighted by molar-refractivity contribution is 0.284. The van der Waals surface area contributed by atoms with Crippen LogP contribution in [0.15, 0.2) is 60.7 Å². The smallest absolute Gasteiger partial charge is 0.0431 e. The van der Waals surface area contributed by atoms with Crippen molar-refractivity contribution in [2.45, 2.75) is 26.2 Å². The zero-order valence-electron chi connectivity index (χ0n) is 12.0. The molecule has 1 heteroatoms. The summed E-state index contributed by atoms with van der Waals surface area (Å²) in [7, 11) is 0. The van der Waals surface area contributed by atoms with E-state index in [1.165, 1.54) is 28.0 Å². The maximum Gasteiger partial charge on any atom is 0.0431 e. The van der Waals surface area contributed by atoms with Gasteiger partial charge >= 0.3 is 0 Å². The van der Waals surface area contributed by atoms with Crippen molar-refractivity contribution < 1.29 is 5.11 Å². The Morgan fingerprint density at radius 2 is 1.10 bits per heavy atom. The Hall–Kier alpha value is -1.86. The number of aliphatic hydroxyl groups is 1. The van der Waals surface area contributed by atoms with Gasteiger partial charge in [0.1, 0.15) is 0 Å². The summed E-state index contributed by atoms with van der Waals surface area (Å²) < 4.78 is 0. The predicted molar refractivity (Wildman–Crippen MR) is 88.1 cm³/mol. The van der Waals surface area contributed by atoms with E-state index >= 15 is 0 Å². The fourth-order valence-electron chi connectivity index (χ4n) is 2.24. The molecule has 3 rings (SSSR count). The zero-order chi connectivity index (χ0) is 14.2. The average molecular weight is 266 g/mol. The molecule has 0 spiro atoms. The quantitative estimate of drug-likeness (QED) is 0.512. The molecule has 0 atom stereocenters. The molecule has 0 bridgehead atoms. The maximum absolute atomic E-state index is 8.20. The topological polar surface area (TPSA) is 20.2 Å². The number of benzene rings is 3. The molecule has 0 amide bonds. The van der Waals surface area contributed by atoms with Gasteiger partial charge < -0.3 is 5.11 Å². The number of hydrogen-bond donors (Lipinski definition) is 1. The van der Waals surface area contributed by atoms with Gasteiger partial charge in [-0.05, 0) is 40.1 Å². The first kappa shape index (κ1) is 14.5. The normalized spacial score (nSPS) is 10.3. The second-order valence-electron chi connectivity index (χ2n) is 4.98. The summed E-state index contributed by atoms with van der Waals surface area (Å²) in [5, 5.41) is 13.4. The van der Waals surface area contributed by atoms with Crippen LogP contribution in [0.3, 0.4) is 0 Å². The molecular formula is C19H22O. The molecule has 0 aliphatic carbocycles. The van der Waals surface area contributed by atoms with E-state index < -0.39 is 0 Å². The third-order valence-corrected chi connectivity index (χ3v) is 3.38. The second kappa shape index (κ2) is 7.66. The first-order valence-electron chi connectivity index (χ1n) is 7.33. The lowest BCUT2D eigenvalue weighted by Crippen LogP contribution is -1.78. The highest BCUT2D eigenvalue weighted by Gasteiger charge is 1.95. The van der Waals surface area contributed by atoms with Gasteiger partial charge in [-0.1, -0.05) is 68.3 Å². The van der Waals surface area contributed by atoms with Gasteiger partial charge in [0.2, 0.25) is 0 Å². The average Bonchev–Trinajstić information content (AvgIpc) is 2.51. The van der Waals surface area contributed by atoms with Crippen LogP contribution in [0.5, 0.6) is 0 Å². The van der Waals surface area contributed by atoms with Crippen LogP contribution in [-0.4, -0.2) is 11.7 Å². The van der Waals surface area contributed by atoms with E-state index in [2.05, 4.69) is 67.6 Å². The van der Waals surface area contributed by atoms with Crippen molar-refractivity contribution in [3.05, 3.63) is 60.7 Å². The first-order valence-corrected chi connectivity index (χ1v) is 7.33. The van der Waals surface area contributed by atoms with E-state index in [1.54, 1.807) is 0 Å². The highest BCUT2D eigenvalue weighted by Crippen LogP contribution is 2.21. The monoisotopic (exact) mass is 266 g/mol. The van der Waals surface area contributed by atoms with Crippen molar-refractivity contribution in [2.75, 3.05) is 6.61 Å². The van der Waals surface area contributed by atoms with Gasteiger partial charge in [-0.2, -0.15) is 0 Å². The van der Waals surface area contributed by atoms with Crippen LogP contribution in [0.4, 0.5) is 0 Å². The largest absolute Gasteiger partial charge is 0.396 e. The van der Waals surface area contributed by atoms with E-state index in [1.807, 2.05) is 0 Å². The summed E-state index contributed by atoms with van der Waals surface area (Å²) >= 11 is 0. The van der Waals surface area contributed by atoms with Gasteiger partial charge in [0.25, 0.3) is 0 Å². The summed E-state index contributed by atoms with van der Waals surface area (Å²) in [6, 6.07) is 21.4. The van der Waals surface area contributed by atoms with E-state index in [0.29, 0.717) is 6.61 Å². The van der Waals surface area contributed by atoms with Gasteiger partial charge in [0, 0.05) is 6.61 Å². The lowest BCUT2D eigenvalue weighted by atomic mass is 10.0. The van der Waals surface area contributed by atoms with E-state index in [4.69, 9.17) is 5.11 Å². The Balaban J connectivity index is 0.000000212. The molecule has 0 heterocycles. The van der Waals surface area contributed by atoms with Crippen molar-refractivity contribution in [1.82, 2.24) is 0 Å². The molecule has 3 aromatic rings. The van der Waals surface area contributed by atoms with Crippen LogP contribution in [-0.2, 0) is 0 Å². The molecule has 0 radical (unpaired) electrons. The van der Waals surface area contributed by atoms with E-state index in [-0.39, 0.29) is 0 Å². The number of fused-ring (bicyclic) bond motifs is 2. The Kier molecular flexibility index (Phi) is 5.57. The third-order valence-electron chi connectivity index (χ3n) is 3.38. The van der Waals surface area contributed by atoms with Gasteiger partial charge in [0.15, 0.2) is 0 Å². The van der Waals surface area contributed by atoms with Crippen LogP contribution in [0.1, 0.15) is 26.2 Å². The number of hydrogen-bond acceptors (Lipinski definition) is 1. The maximum atomic E-state index is 8.20. The van der Waals surface area contributed by atoms with E-state index in [0.717, 1.165) is 12.8 Å². The zero-order valence-corrected chi connectivity index (χ0v) is 12.0. The van der Waals surface area contributed by atoms with Gasteiger partial charge in [-0.3, -0.25) is 0 Å². The fourth-order valence-corrected chi connectivity index (χ4v) is 2.24. The van der Waals surface area contributed by atoms with Crippen molar-refractivity contribution in [3.63, 3.8) is 0 Å². The Morgan fingerprint density at radius 3 is 1.35 bits per heavy atom. The SMILES string of the molecule is CCCCCO.c1ccc2cc3ccccc3cc2c1. The van der Waals surface area contributed by atoms with Crippen LogP contribution >= 0.6 is 0 Å². The lowest BCUT2D eigenvalue weighted by Gasteiger charge is -2.00. The molecule has 0 aliphatic heterocycles. The van der Waals surface area contributed by atoms with E-state index in [9.17, 15) is 0 Å². The molecule has 104 valence electrons. The standard InChI is InChI=1S/C14H10.C5H12O/c1-2-6-12-10-14-8-4-3-7-13(14)9-11(12)5-1;1-2-3-4-5-6/h1-10H;6H,2-5H2,1H3. The van der Waals surface area contributed by atoms with Crippen LogP contribution in [0.2, 0.25) is 0 Å². The number of unbranched alkanes of at least 4 members (excludes halogenated alkanes) is 2. The van der Waals surface area contributed by atoms with Crippen LogP contribution in [0, 0.1) is 0 Å². The molecule has 20 heavy (non-hydrogen) atoms. The highest BCUT2D eigenvalue weighted by molar-refractivity contribution is 5.98. The molecule has 0 saturated carbocycles. The Bertz CT molecular complexity index is 549. The summed E-state index contributed by atoms with van der Waals surface area (Å²) in [5.41, 5.74) is 0. The molecule has 0 aliphatic rings. The Labute approximate surface area is 120 Å². The third kappa shape index (κ3) is 3.82. The molecular weight excluding hydrogens is 244 g/mol. The summed E-state index contributed by atoms with van der Waals surface area (Å²) in [4.78, 5) is 0. The molecule has 0 unspecified atom stereocenters. The summed E-state index contributed by atoms with van der Waals surface area (Å²) in [6.45, 7) is 2.48. The fraction of sp³-hybridized carbons (Fsp3) is 0.263. The molecule has 1 N–H and O–H groups in total.